The van der Waals surface area contributed by atoms with Crippen LogP contribution in [0.4, 0.5) is 0 Å². The number of hydrogen-bond donors (Lipinski definition) is 2. The average molecular weight is 315 g/mol. The molecule has 0 saturated carbocycles. The molecule has 0 aliphatic rings. The molecule has 1 aromatic heterocycles. The fraction of sp³-hybridized carbons (Fsp3) is 0.412. The zero-order valence-electron chi connectivity index (χ0n) is 14.0. The van der Waals surface area contributed by atoms with E-state index >= 15 is 0 Å². The van der Waals surface area contributed by atoms with Crippen LogP contribution < -0.4 is 10.1 Å². The first-order chi connectivity index (χ1) is 11.2. The van der Waals surface area contributed by atoms with Crippen molar-refractivity contribution < 1.29 is 4.74 Å². The monoisotopic (exact) mass is 315 g/mol. The lowest BCUT2D eigenvalue weighted by Crippen LogP contribution is -2.38. The number of hydrogen-bond acceptors (Lipinski definition) is 3. The van der Waals surface area contributed by atoms with Gasteiger partial charge in [-0.15, -0.1) is 0 Å². The first kappa shape index (κ1) is 16.9. The molecule has 2 N–H and O–H groups in total. The van der Waals surface area contributed by atoms with Gasteiger partial charge in [-0.25, -0.2) is 4.99 Å². The predicted octanol–water partition coefficient (Wildman–Crippen LogP) is 2.41. The maximum atomic E-state index is 5.47. The third-order valence-electron chi connectivity index (χ3n) is 3.31. The normalized spacial score (nSPS) is 11.3. The maximum absolute atomic E-state index is 5.47. The van der Waals surface area contributed by atoms with Crippen molar-refractivity contribution in [3.63, 3.8) is 0 Å². The standard InChI is InChI=1S/C17H25N5O/c1-4-18-17(19-12-15-10-11-20-21-15)22(3)13-14-6-8-16(9-7-14)23-5-2/h6-11H,4-5,12-13H2,1-3H3,(H,18,19)(H,20,21). The van der Waals surface area contributed by atoms with Crippen LogP contribution in [-0.2, 0) is 13.1 Å². The van der Waals surface area contributed by atoms with Crippen LogP contribution in [0.3, 0.4) is 0 Å². The minimum absolute atomic E-state index is 0.579. The van der Waals surface area contributed by atoms with Gasteiger partial charge in [0.05, 0.1) is 18.8 Å². The Hall–Kier alpha value is -2.50. The Bertz CT molecular complexity index is 592. The van der Waals surface area contributed by atoms with Crippen LogP contribution in [0.5, 0.6) is 5.75 Å². The molecular formula is C17H25N5O. The van der Waals surface area contributed by atoms with Gasteiger partial charge in [0.2, 0.25) is 0 Å². The summed E-state index contributed by atoms with van der Waals surface area (Å²) in [6.07, 6.45) is 1.74. The van der Waals surface area contributed by atoms with E-state index in [2.05, 4.69) is 44.5 Å². The number of guanidine groups is 1. The molecule has 0 amide bonds. The Morgan fingerprint density at radius 2 is 2.04 bits per heavy atom. The lowest BCUT2D eigenvalue weighted by molar-refractivity contribution is 0.340. The minimum Gasteiger partial charge on any atom is -0.494 e. The number of aromatic amines is 1. The SMILES string of the molecule is CCNC(=NCc1ccn[nH]1)N(C)Cc1ccc(OCC)cc1. The molecule has 6 nitrogen and oxygen atoms in total. The van der Waals surface area contributed by atoms with Crippen LogP contribution in [0.15, 0.2) is 41.5 Å². The number of aromatic nitrogens is 2. The van der Waals surface area contributed by atoms with E-state index in [4.69, 9.17) is 4.74 Å². The summed E-state index contributed by atoms with van der Waals surface area (Å²) in [5.74, 6) is 1.77. The molecule has 0 spiro atoms. The molecule has 1 heterocycles. The number of nitrogens with one attached hydrogen (secondary N) is 2. The Kier molecular flexibility index (Phi) is 6.47. The second kappa shape index (κ2) is 8.82. The molecular weight excluding hydrogens is 290 g/mol. The van der Waals surface area contributed by atoms with Crippen molar-refractivity contribution in [2.75, 3.05) is 20.2 Å². The summed E-state index contributed by atoms with van der Waals surface area (Å²) in [5.41, 5.74) is 2.21. The highest BCUT2D eigenvalue weighted by molar-refractivity contribution is 5.79. The first-order valence-corrected chi connectivity index (χ1v) is 7.92. The summed E-state index contributed by atoms with van der Waals surface area (Å²) in [4.78, 5) is 6.74. The summed E-state index contributed by atoms with van der Waals surface area (Å²) in [6.45, 7) is 6.92. The lowest BCUT2D eigenvalue weighted by atomic mass is 10.2. The van der Waals surface area contributed by atoms with Crippen molar-refractivity contribution in [2.45, 2.75) is 26.9 Å². The van der Waals surface area contributed by atoms with Gasteiger partial charge in [0, 0.05) is 26.3 Å². The summed E-state index contributed by atoms with van der Waals surface area (Å²) in [6, 6.07) is 10.1. The molecule has 124 valence electrons. The van der Waals surface area contributed by atoms with Gasteiger partial charge in [-0.1, -0.05) is 12.1 Å². The molecule has 2 rings (SSSR count). The molecule has 0 unspecified atom stereocenters. The summed E-state index contributed by atoms with van der Waals surface area (Å²) in [5, 5.41) is 10.2. The summed E-state index contributed by atoms with van der Waals surface area (Å²) < 4.78 is 5.47. The first-order valence-electron chi connectivity index (χ1n) is 7.92. The van der Waals surface area contributed by atoms with Crippen LogP contribution in [-0.4, -0.2) is 41.3 Å². The van der Waals surface area contributed by atoms with Crippen molar-refractivity contribution in [2.24, 2.45) is 4.99 Å². The fourth-order valence-electron chi connectivity index (χ4n) is 2.21. The molecule has 0 fully saturated rings. The smallest absolute Gasteiger partial charge is 0.194 e. The van der Waals surface area contributed by atoms with Gasteiger partial charge in [-0.2, -0.15) is 5.10 Å². The van der Waals surface area contributed by atoms with Crippen LogP contribution in [0.1, 0.15) is 25.1 Å². The Balaban J connectivity index is 1.99. The molecule has 0 saturated heterocycles. The van der Waals surface area contributed by atoms with Crippen molar-refractivity contribution in [3.05, 3.63) is 47.8 Å². The number of H-pyrrole nitrogens is 1. The van der Waals surface area contributed by atoms with Crippen LogP contribution in [0.25, 0.3) is 0 Å². The number of nitrogens with zero attached hydrogens (tertiary/aromatic N) is 3. The average Bonchev–Trinajstić information content (AvgIpc) is 3.07. The minimum atomic E-state index is 0.579. The van der Waals surface area contributed by atoms with E-state index in [0.29, 0.717) is 13.2 Å². The van der Waals surface area contributed by atoms with Crippen LogP contribution >= 0.6 is 0 Å². The Morgan fingerprint density at radius 1 is 1.26 bits per heavy atom. The van der Waals surface area contributed by atoms with Crippen LogP contribution in [0.2, 0.25) is 0 Å². The third kappa shape index (κ3) is 5.32. The van der Waals surface area contributed by atoms with Crippen molar-refractivity contribution >= 4 is 5.96 Å². The largest absolute Gasteiger partial charge is 0.494 e. The van der Waals surface area contributed by atoms with Crippen LogP contribution in [0, 0.1) is 0 Å². The molecule has 0 aliphatic carbocycles. The summed E-state index contributed by atoms with van der Waals surface area (Å²) >= 11 is 0. The molecule has 6 heteroatoms. The number of aliphatic imine (C=N–C) groups is 1. The molecule has 0 bridgehead atoms. The molecule has 0 aliphatic heterocycles. The predicted molar refractivity (Wildman–Crippen MR) is 92.5 cm³/mol. The number of rotatable bonds is 7. The molecule has 0 atom stereocenters. The van der Waals surface area contributed by atoms with Crippen molar-refractivity contribution in [1.29, 1.82) is 0 Å². The quantitative estimate of drug-likeness (QED) is 0.608. The van der Waals surface area contributed by atoms with Gasteiger partial charge in [-0.05, 0) is 37.6 Å². The Labute approximate surface area is 137 Å². The molecule has 2 aromatic rings. The van der Waals surface area contributed by atoms with E-state index < -0.39 is 0 Å². The molecule has 23 heavy (non-hydrogen) atoms. The molecule has 0 radical (unpaired) electrons. The zero-order valence-corrected chi connectivity index (χ0v) is 14.0. The van der Waals surface area contributed by atoms with E-state index in [0.717, 1.165) is 30.5 Å². The van der Waals surface area contributed by atoms with Gasteiger partial charge in [0.25, 0.3) is 0 Å². The van der Waals surface area contributed by atoms with E-state index in [-0.39, 0.29) is 0 Å². The van der Waals surface area contributed by atoms with Crippen molar-refractivity contribution in [1.82, 2.24) is 20.4 Å². The Morgan fingerprint density at radius 3 is 2.65 bits per heavy atom. The molecule has 1 aromatic carbocycles. The third-order valence-corrected chi connectivity index (χ3v) is 3.31. The topological polar surface area (TPSA) is 65.5 Å². The second-order valence-corrected chi connectivity index (χ2v) is 5.19. The fourth-order valence-corrected chi connectivity index (χ4v) is 2.21. The van der Waals surface area contributed by atoms with Crippen molar-refractivity contribution in [3.8, 4) is 5.75 Å². The van der Waals surface area contributed by atoms with E-state index in [1.165, 1.54) is 5.56 Å². The highest BCUT2D eigenvalue weighted by atomic mass is 16.5. The van der Waals surface area contributed by atoms with Gasteiger partial charge >= 0.3 is 0 Å². The summed E-state index contributed by atoms with van der Waals surface area (Å²) in [7, 11) is 2.03. The number of benzene rings is 1. The van der Waals surface area contributed by atoms with E-state index in [1.54, 1.807) is 6.20 Å². The maximum Gasteiger partial charge on any atom is 0.194 e. The van der Waals surface area contributed by atoms with Gasteiger partial charge in [-0.3, -0.25) is 5.10 Å². The van der Waals surface area contributed by atoms with E-state index in [1.807, 2.05) is 32.2 Å². The van der Waals surface area contributed by atoms with Gasteiger partial charge in [0.15, 0.2) is 5.96 Å². The van der Waals surface area contributed by atoms with E-state index in [9.17, 15) is 0 Å². The lowest BCUT2D eigenvalue weighted by Gasteiger charge is -2.22. The van der Waals surface area contributed by atoms with Gasteiger partial charge < -0.3 is 15.0 Å². The van der Waals surface area contributed by atoms with Gasteiger partial charge in [0.1, 0.15) is 5.75 Å². The second-order valence-electron chi connectivity index (χ2n) is 5.19. The highest BCUT2D eigenvalue weighted by Gasteiger charge is 2.07. The zero-order chi connectivity index (χ0) is 16.5. The highest BCUT2D eigenvalue weighted by Crippen LogP contribution is 2.13. The number of ether oxygens (including phenoxy) is 1.